The number of benzene rings is 2. The molecule has 6 rings (SSSR count). The van der Waals surface area contributed by atoms with E-state index in [9.17, 15) is 9.59 Å². The Labute approximate surface area is 177 Å². The van der Waals surface area contributed by atoms with Gasteiger partial charge in [-0.1, -0.05) is 18.2 Å². The summed E-state index contributed by atoms with van der Waals surface area (Å²) in [5, 5.41) is 6.03. The molecule has 4 bridgehead atoms. The highest BCUT2D eigenvalue weighted by Crippen LogP contribution is 2.60. The van der Waals surface area contributed by atoms with Crippen molar-refractivity contribution >= 4 is 23.2 Å². The molecule has 2 aromatic carbocycles. The summed E-state index contributed by atoms with van der Waals surface area (Å²) < 4.78 is 5.47. The Hall–Kier alpha value is -2.82. The number of nitrogens with one attached hydrogen (secondary N) is 2. The number of carbonyl (C=O) groups is 2. The van der Waals surface area contributed by atoms with Crippen LogP contribution in [0.3, 0.4) is 0 Å². The number of methoxy groups -OCH3 is 1. The largest absolute Gasteiger partial charge is 0.495 e. The molecule has 0 heterocycles. The topological polar surface area (TPSA) is 67.4 Å². The monoisotopic (exact) mass is 404 g/mol. The third-order valence-corrected chi connectivity index (χ3v) is 7.26. The van der Waals surface area contributed by atoms with Gasteiger partial charge in [-0.2, -0.15) is 0 Å². The molecule has 0 saturated heterocycles. The zero-order valence-corrected chi connectivity index (χ0v) is 17.3. The minimum Gasteiger partial charge on any atom is -0.495 e. The molecule has 4 fully saturated rings. The van der Waals surface area contributed by atoms with Gasteiger partial charge >= 0.3 is 0 Å². The molecule has 4 saturated carbocycles. The fourth-order valence-corrected chi connectivity index (χ4v) is 6.32. The first-order valence-corrected chi connectivity index (χ1v) is 10.9. The molecule has 30 heavy (non-hydrogen) atoms. The molecule has 4 aliphatic carbocycles. The van der Waals surface area contributed by atoms with Crippen LogP contribution in [0, 0.1) is 23.2 Å². The minimum absolute atomic E-state index is 0.0977. The minimum atomic E-state index is -0.248. The van der Waals surface area contributed by atoms with Gasteiger partial charge < -0.3 is 15.4 Å². The van der Waals surface area contributed by atoms with Crippen LogP contribution in [0.5, 0.6) is 5.75 Å². The van der Waals surface area contributed by atoms with E-state index in [-0.39, 0.29) is 17.2 Å². The molecule has 2 aromatic rings. The summed E-state index contributed by atoms with van der Waals surface area (Å²) in [6, 6.07) is 14.5. The quantitative estimate of drug-likeness (QED) is 0.728. The highest BCUT2D eigenvalue weighted by Gasteiger charge is 2.54. The summed E-state index contributed by atoms with van der Waals surface area (Å²) in [6.45, 7) is 0. The van der Waals surface area contributed by atoms with Gasteiger partial charge in [-0.05, 0) is 86.6 Å². The van der Waals surface area contributed by atoms with Crippen molar-refractivity contribution in [2.75, 3.05) is 17.7 Å². The first-order chi connectivity index (χ1) is 14.5. The zero-order chi connectivity index (χ0) is 20.7. The molecular formula is C25H28N2O3. The Morgan fingerprint density at radius 2 is 1.53 bits per heavy atom. The van der Waals surface area contributed by atoms with E-state index >= 15 is 0 Å². The number of amides is 2. The lowest BCUT2D eigenvalue weighted by molar-refractivity contribution is -0.140. The highest BCUT2D eigenvalue weighted by molar-refractivity contribution is 6.06. The molecule has 0 atom stereocenters. The Kier molecular flexibility index (Phi) is 4.76. The van der Waals surface area contributed by atoms with Crippen molar-refractivity contribution in [3.63, 3.8) is 0 Å². The van der Waals surface area contributed by atoms with Crippen LogP contribution in [-0.2, 0) is 4.79 Å². The lowest BCUT2D eigenvalue weighted by Crippen LogP contribution is -2.51. The van der Waals surface area contributed by atoms with Crippen LogP contribution in [0.25, 0.3) is 0 Å². The summed E-state index contributed by atoms with van der Waals surface area (Å²) in [7, 11) is 1.58. The lowest BCUT2D eigenvalue weighted by Gasteiger charge is -2.55. The van der Waals surface area contributed by atoms with Crippen LogP contribution in [0.1, 0.15) is 48.9 Å². The molecule has 156 valence electrons. The first-order valence-electron chi connectivity index (χ1n) is 10.9. The summed E-state index contributed by atoms with van der Waals surface area (Å²) >= 11 is 0. The average molecular weight is 405 g/mol. The molecular weight excluding hydrogens is 376 g/mol. The molecule has 0 aromatic heterocycles. The van der Waals surface area contributed by atoms with Crippen LogP contribution in [0.2, 0.25) is 0 Å². The van der Waals surface area contributed by atoms with Crippen molar-refractivity contribution in [1.82, 2.24) is 0 Å². The molecule has 0 aliphatic heterocycles. The van der Waals surface area contributed by atoms with E-state index < -0.39 is 0 Å². The van der Waals surface area contributed by atoms with Gasteiger partial charge in [0.25, 0.3) is 5.91 Å². The number of anilines is 2. The SMILES string of the molecule is COc1ccc(C(=O)Nc2ccccc2)cc1NC(=O)C12CC3CC(CC(C3)C1)C2. The molecule has 0 radical (unpaired) electrons. The van der Waals surface area contributed by atoms with Gasteiger partial charge in [0, 0.05) is 11.3 Å². The second-order valence-electron chi connectivity index (χ2n) is 9.39. The zero-order valence-electron chi connectivity index (χ0n) is 17.3. The fraction of sp³-hybridized carbons (Fsp3) is 0.440. The molecule has 4 aliphatic rings. The number of rotatable bonds is 5. The van der Waals surface area contributed by atoms with Gasteiger partial charge in [0.05, 0.1) is 18.2 Å². The molecule has 5 heteroatoms. The number of para-hydroxylation sites is 1. The number of ether oxygens (including phenoxy) is 1. The van der Waals surface area contributed by atoms with Crippen LogP contribution in [0.4, 0.5) is 11.4 Å². The van der Waals surface area contributed by atoms with E-state index in [4.69, 9.17) is 4.74 Å². The summed E-state index contributed by atoms with van der Waals surface area (Å²) in [5.74, 6) is 2.56. The molecule has 0 spiro atoms. The Bertz CT molecular complexity index is 934. The van der Waals surface area contributed by atoms with Gasteiger partial charge in [0.15, 0.2) is 0 Å². The van der Waals surface area contributed by atoms with Crippen LogP contribution in [-0.4, -0.2) is 18.9 Å². The third kappa shape index (κ3) is 3.47. The van der Waals surface area contributed by atoms with Crippen molar-refractivity contribution in [2.45, 2.75) is 38.5 Å². The second kappa shape index (κ2) is 7.46. The maximum absolute atomic E-state index is 13.4. The summed E-state index contributed by atoms with van der Waals surface area (Å²) in [6.07, 6.45) is 6.89. The average Bonchev–Trinajstić information content (AvgIpc) is 2.73. The van der Waals surface area contributed by atoms with Gasteiger partial charge in [-0.25, -0.2) is 0 Å². The number of hydrogen-bond acceptors (Lipinski definition) is 3. The van der Waals surface area contributed by atoms with Crippen LogP contribution >= 0.6 is 0 Å². The molecule has 2 N–H and O–H groups in total. The van der Waals surface area contributed by atoms with Crippen LogP contribution in [0.15, 0.2) is 48.5 Å². The van der Waals surface area contributed by atoms with Gasteiger partial charge in [-0.3, -0.25) is 9.59 Å². The molecule has 2 amide bonds. The predicted octanol–water partition coefficient (Wildman–Crippen LogP) is 5.10. The van der Waals surface area contributed by atoms with E-state index in [2.05, 4.69) is 10.6 Å². The molecule has 5 nitrogen and oxygen atoms in total. The smallest absolute Gasteiger partial charge is 0.255 e. The van der Waals surface area contributed by atoms with E-state index in [0.29, 0.717) is 34.8 Å². The maximum atomic E-state index is 13.4. The van der Waals surface area contributed by atoms with Crippen molar-refractivity contribution < 1.29 is 14.3 Å². The number of carbonyl (C=O) groups excluding carboxylic acids is 2. The van der Waals surface area contributed by atoms with E-state index in [0.717, 1.165) is 24.9 Å². The van der Waals surface area contributed by atoms with E-state index in [1.54, 1.807) is 25.3 Å². The highest BCUT2D eigenvalue weighted by atomic mass is 16.5. The lowest BCUT2D eigenvalue weighted by atomic mass is 9.49. The Morgan fingerprint density at radius 3 is 2.13 bits per heavy atom. The number of hydrogen-bond donors (Lipinski definition) is 2. The van der Waals surface area contributed by atoms with Gasteiger partial charge in [0.2, 0.25) is 5.91 Å². The third-order valence-electron chi connectivity index (χ3n) is 7.26. The molecule has 0 unspecified atom stereocenters. The normalized spacial score (nSPS) is 28.8. The maximum Gasteiger partial charge on any atom is 0.255 e. The van der Waals surface area contributed by atoms with E-state index in [1.807, 2.05) is 30.3 Å². The summed E-state index contributed by atoms with van der Waals surface area (Å²) in [4.78, 5) is 26.1. The first kappa shape index (κ1) is 19.2. The fourth-order valence-electron chi connectivity index (χ4n) is 6.32. The second-order valence-corrected chi connectivity index (χ2v) is 9.39. The Morgan fingerprint density at radius 1 is 0.900 bits per heavy atom. The van der Waals surface area contributed by atoms with Crippen molar-refractivity contribution in [3.05, 3.63) is 54.1 Å². The van der Waals surface area contributed by atoms with Crippen LogP contribution < -0.4 is 15.4 Å². The van der Waals surface area contributed by atoms with Gasteiger partial charge in [0.1, 0.15) is 5.75 Å². The van der Waals surface area contributed by atoms with Crippen molar-refractivity contribution in [1.29, 1.82) is 0 Å². The van der Waals surface area contributed by atoms with E-state index in [1.165, 1.54) is 19.3 Å². The van der Waals surface area contributed by atoms with Gasteiger partial charge in [-0.15, -0.1) is 0 Å². The van der Waals surface area contributed by atoms with Crippen molar-refractivity contribution in [3.8, 4) is 5.75 Å². The van der Waals surface area contributed by atoms with Crippen molar-refractivity contribution in [2.24, 2.45) is 23.2 Å². The Balaban J connectivity index is 1.36. The predicted molar refractivity (Wildman–Crippen MR) is 117 cm³/mol. The standard InChI is InChI=1S/C25H28N2O3/c1-30-22-8-7-19(23(28)26-20-5-3-2-4-6-20)12-21(22)27-24(29)25-13-16-9-17(14-25)11-18(10-16)15-25/h2-8,12,16-18H,9-11,13-15H2,1H3,(H,26,28)(H,27,29). The summed E-state index contributed by atoms with van der Waals surface area (Å²) in [5.41, 5.74) is 1.54.